The number of amidine groups is 1. The molecule has 0 saturated heterocycles. The van der Waals surface area contributed by atoms with Gasteiger partial charge in [-0.25, -0.2) is 0 Å². The second-order valence-corrected chi connectivity index (χ2v) is 4.91. The van der Waals surface area contributed by atoms with Gasteiger partial charge in [0.2, 0.25) is 0 Å². The van der Waals surface area contributed by atoms with Crippen LogP contribution in [0.2, 0.25) is 0 Å². The van der Waals surface area contributed by atoms with E-state index in [4.69, 9.17) is 15.9 Å². The van der Waals surface area contributed by atoms with Crippen LogP contribution >= 0.6 is 0 Å². The zero-order valence-electron chi connectivity index (χ0n) is 10.0. The van der Waals surface area contributed by atoms with E-state index in [0.717, 1.165) is 25.2 Å². The Hall–Kier alpha value is -1.97. The maximum absolute atomic E-state index is 9.84. The van der Waals surface area contributed by atoms with Crippen LogP contribution in [-0.4, -0.2) is 17.5 Å². The molecule has 1 aliphatic carbocycles. The molecule has 0 spiro atoms. The molecule has 4 N–H and O–H groups in total. The lowest BCUT2D eigenvalue weighted by Crippen LogP contribution is -2.07. The van der Waals surface area contributed by atoms with E-state index < -0.39 is 0 Å². The normalized spacial score (nSPS) is 25.4. The maximum atomic E-state index is 9.84. The topological polar surface area (TPSA) is 79.3 Å². The van der Waals surface area contributed by atoms with E-state index in [2.05, 4.69) is 12.1 Å². The second-order valence-electron chi connectivity index (χ2n) is 4.91. The first-order chi connectivity index (χ1) is 8.66. The Morgan fingerprint density at radius 2 is 2.33 bits per heavy atom. The van der Waals surface area contributed by atoms with E-state index >= 15 is 0 Å². The van der Waals surface area contributed by atoms with Gasteiger partial charge in [-0.2, -0.15) is 0 Å². The number of hydrogen-bond donors (Lipinski definition) is 3. The number of aliphatic hydroxyl groups excluding tert-OH is 1. The first-order valence-electron chi connectivity index (χ1n) is 6.16. The molecule has 3 rings (SSSR count). The van der Waals surface area contributed by atoms with E-state index in [1.54, 1.807) is 0 Å². The lowest BCUT2D eigenvalue weighted by molar-refractivity contribution is 0.351. The predicted octanol–water partition coefficient (Wildman–Crippen LogP) is 2.10. The van der Waals surface area contributed by atoms with Gasteiger partial charge in [-0.15, -0.1) is 0 Å². The van der Waals surface area contributed by atoms with E-state index in [-0.39, 0.29) is 17.5 Å². The van der Waals surface area contributed by atoms with E-state index in [1.165, 1.54) is 17.2 Å². The summed E-state index contributed by atoms with van der Waals surface area (Å²) in [6.45, 7) is 0.749. The van der Waals surface area contributed by atoms with Crippen molar-refractivity contribution in [2.75, 3.05) is 6.61 Å². The number of nitrogens with two attached hydrogens (primary N) is 1. The van der Waals surface area contributed by atoms with E-state index in [1.807, 2.05) is 6.07 Å². The Bertz CT molecular complexity index is 537. The number of rotatable bonds is 3. The second kappa shape index (κ2) is 4.05. The minimum absolute atomic E-state index is 0.0876. The maximum Gasteiger partial charge on any atom is 0.126 e. The summed E-state index contributed by atoms with van der Waals surface area (Å²) in [5.74, 6) is 1.50. The predicted molar refractivity (Wildman–Crippen MR) is 69.1 cm³/mol. The average Bonchev–Trinajstić information content (AvgIpc) is 2.97. The van der Waals surface area contributed by atoms with Gasteiger partial charge in [0.25, 0.3) is 0 Å². The standard InChI is InChI=1S/C14H16N2O2/c15-13(16)7-12(17)11-6-10(11)9-3-1-2-8-4-5-18-14(8)9/h1-3,7,10-11,17H,4-6H2,(H3,15,16)/t10-,11+/m1/s1. The van der Waals surface area contributed by atoms with Crippen molar-refractivity contribution in [2.24, 2.45) is 11.7 Å². The molecule has 1 aliphatic heterocycles. The number of para-hydroxylation sites is 1. The van der Waals surface area contributed by atoms with Crippen LogP contribution in [0.1, 0.15) is 23.5 Å². The quantitative estimate of drug-likeness (QED) is 0.433. The molecular weight excluding hydrogens is 228 g/mol. The third-order valence-electron chi connectivity index (χ3n) is 3.62. The third kappa shape index (κ3) is 1.83. The summed E-state index contributed by atoms with van der Waals surface area (Å²) in [4.78, 5) is 0. The van der Waals surface area contributed by atoms with Gasteiger partial charge in [0.1, 0.15) is 11.6 Å². The van der Waals surface area contributed by atoms with E-state index in [0.29, 0.717) is 5.92 Å². The number of nitrogens with one attached hydrogen (secondary N) is 1. The Balaban J connectivity index is 1.83. The summed E-state index contributed by atoms with van der Waals surface area (Å²) >= 11 is 0. The van der Waals surface area contributed by atoms with Crippen molar-refractivity contribution < 1.29 is 9.84 Å². The largest absolute Gasteiger partial charge is 0.512 e. The van der Waals surface area contributed by atoms with Gasteiger partial charge in [0.15, 0.2) is 0 Å². The molecule has 0 unspecified atom stereocenters. The first-order valence-corrected chi connectivity index (χ1v) is 6.16. The Kier molecular flexibility index (Phi) is 2.51. The van der Waals surface area contributed by atoms with Gasteiger partial charge in [-0.1, -0.05) is 18.2 Å². The summed E-state index contributed by atoms with van der Waals surface area (Å²) in [5.41, 5.74) is 7.69. The Morgan fingerprint density at radius 3 is 3.11 bits per heavy atom. The average molecular weight is 244 g/mol. The summed E-state index contributed by atoms with van der Waals surface area (Å²) < 4.78 is 5.67. The highest BCUT2D eigenvalue weighted by Gasteiger charge is 2.43. The number of fused-ring (bicyclic) bond motifs is 1. The van der Waals surface area contributed by atoms with Gasteiger partial charge in [0.05, 0.1) is 12.4 Å². The molecule has 94 valence electrons. The molecule has 4 nitrogen and oxygen atoms in total. The van der Waals surface area contributed by atoms with Crippen LogP contribution < -0.4 is 10.5 Å². The van der Waals surface area contributed by atoms with Gasteiger partial charge >= 0.3 is 0 Å². The molecule has 1 aromatic rings. The number of benzene rings is 1. The number of allylic oxidation sites excluding steroid dienone is 1. The molecule has 4 heteroatoms. The van der Waals surface area contributed by atoms with Crippen molar-refractivity contribution >= 4 is 5.84 Å². The van der Waals surface area contributed by atoms with Crippen LogP contribution in [0.3, 0.4) is 0 Å². The monoisotopic (exact) mass is 244 g/mol. The molecule has 1 heterocycles. The summed E-state index contributed by atoms with van der Waals surface area (Å²) in [7, 11) is 0. The summed E-state index contributed by atoms with van der Waals surface area (Å²) in [6.07, 6.45) is 3.19. The molecule has 0 amide bonds. The summed E-state index contributed by atoms with van der Waals surface area (Å²) in [5, 5.41) is 17.0. The molecule has 2 aliphatic rings. The zero-order chi connectivity index (χ0) is 12.7. The molecule has 1 fully saturated rings. The minimum atomic E-state index is -0.104. The fourth-order valence-electron chi connectivity index (χ4n) is 2.66. The van der Waals surface area contributed by atoms with Crippen LogP contribution in [0.5, 0.6) is 5.75 Å². The SMILES string of the molecule is N=C(N)C=C(O)[C@H]1C[C@@H]1c1cccc2c1OCC2. The van der Waals surface area contributed by atoms with Crippen molar-refractivity contribution in [3.8, 4) is 5.75 Å². The van der Waals surface area contributed by atoms with Gasteiger partial charge in [0, 0.05) is 18.4 Å². The van der Waals surface area contributed by atoms with Crippen LogP contribution in [0.25, 0.3) is 0 Å². The highest BCUT2D eigenvalue weighted by molar-refractivity contribution is 5.89. The van der Waals surface area contributed by atoms with Crippen molar-refractivity contribution in [3.05, 3.63) is 41.2 Å². The third-order valence-corrected chi connectivity index (χ3v) is 3.62. The van der Waals surface area contributed by atoms with Gasteiger partial charge in [-0.05, 0) is 23.5 Å². The smallest absolute Gasteiger partial charge is 0.126 e. The molecule has 0 radical (unpaired) electrons. The van der Waals surface area contributed by atoms with Crippen molar-refractivity contribution in [3.63, 3.8) is 0 Å². The number of hydrogen-bond acceptors (Lipinski definition) is 3. The zero-order valence-corrected chi connectivity index (χ0v) is 10.0. The van der Waals surface area contributed by atoms with Crippen molar-refractivity contribution in [1.29, 1.82) is 5.41 Å². The van der Waals surface area contributed by atoms with Crippen LogP contribution in [0.4, 0.5) is 0 Å². The fourth-order valence-corrected chi connectivity index (χ4v) is 2.66. The van der Waals surface area contributed by atoms with Crippen LogP contribution in [-0.2, 0) is 6.42 Å². The van der Waals surface area contributed by atoms with E-state index in [9.17, 15) is 5.11 Å². The number of aliphatic hydroxyl groups is 1. The van der Waals surface area contributed by atoms with Crippen LogP contribution in [0.15, 0.2) is 30.0 Å². The molecule has 0 bridgehead atoms. The molecular formula is C14H16N2O2. The van der Waals surface area contributed by atoms with Gasteiger partial charge < -0.3 is 15.6 Å². The summed E-state index contributed by atoms with van der Waals surface area (Å²) in [6, 6.07) is 6.20. The Labute approximate surface area is 106 Å². The van der Waals surface area contributed by atoms with Gasteiger partial charge in [-0.3, -0.25) is 5.41 Å². The minimum Gasteiger partial charge on any atom is -0.512 e. The molecule has 18 heavy (non-hydrogen) atoms. The number of ether oxygens (including phenoxy) is 1. The molecule has 0 aromatic heterocycles. The molecule has 1 aromatic carbocycles. The highest BCUT2D eigenvalue weighted by atomic mass is 16.5. The lowest BCUT2D eigenvalue weighted by Gasteiger charge is -2.07. The lowest BCUT2D eigenvalue weighted by atomic mass is 10.0. The Morgan fingerprint density at radius 1 is 1.50 bits per heavy atom. The van der Waals surface area contributed by atoms with Crippen molar-refractivity contribution in [2.45, 2.75) is 18.8 Å². The molecule has 1 saturated carbocycles. The first kappa shape index (κ1) is 11.1. The molecule has 2 atom stereocenters. The highest BCUT2D eigenvalue weighted by Crippen LogP contribution is 2.54. The van der Waals surface area contributed by atoms with Crippen molar-refractivity contribution in [1.82, 2.24) is 0 Å². The van der Waals surface area contributed by atoms with Crippen LogP contribution in [0, 0.1) is 11.3 Å². The fraction of sp³-hybridized carbons (Fsp3) is 0.357.